The Morgan fingerprint density at radius 3 is 3.33 bits per heavy atom. The minimum absolute atomic E-state index is 0.303. The van der Waals surface area contributed by atoms with Crippen LogP contribution in [0.2, 0.25) is 0 Å². The number of carbonyl (C=O) groups excluding carboxylic acids is 1. The van der Waals surface area contributed by atoms with E-state index in [1.54, 1.807) is 0 Å². The van der Waals surface area contributed by atoms with Crippen LogP contribution < -0.4 is 0 Å². The third-order valence-corrected chi connectivity index (χ3v) is 1.20. The molecule has 1 aliphatic rings. The number of carbonyl (C=O) groups is 1. The highest BCUT2D eigenvalue weighted by Crippen LogP contribution is 2.16. The lowest BCUT2D eigenvalue weighted by Crippen LogP contribution is -1.93. The van der Waals surface area contributed by atoms with Crippen molar-refractivity contribution in [3.63, 3.8) is 0 Å². The first kappa shape index (κ1) is 4.55. The standard InChI is InChI=1S/C5H3NO3/c7-5-4-3(1-8-5)2-9-6-4/h2H,1H2. The van der Waals surface area contributed by atoms with E-state index in [-0.39, 0.29) is 0 Å². The molecule has 2 heterocycles. The maximum Gasteiger partial charge on any atom is 0.361 e. The van der Waals surface area contributed by atoms with Crippen molar-refractivity contribution < 1.29 is 14.1 Å². The molecule has 0 amide bonds. The molecular weight excluding hydrogens is 122 g/mol. The minimum atomic E-state index is -0.390. The van der Waals surface area contributed by atoms with Crippen molar-refractivity contribution in [2.75, 3.05) is 0 Å². The van der Waals surface area contributed by atoms with E-state index >= 15 is 0 Å². The Balaban J connectivity index is 2.61. The lowest BCUT2D eigenvalue weighted by Gasteiger charge is -1.84. The van der Waals surface area contributed by atoms with Gasteiger partial charge in [0.2, 0.25) is 0 Å². The van der Waals surface area contributed by atoms with Crippen LogP contribution in [0.1, 0.15) is 16.1 Å². The van der Waals surface area contributed by atoms with Crippen LogP contribution in [0.25, 0.3) is 0 Å². The van der Waals surface area contributed by atoms with Crippen molar-refractivity contribution in [1.82, 2.24) is 5.16 Å². The summed E-state index contributed by atoms with van der Waals surface area (Å²) in [6, 6.07) is 0. The number of hydrogen-bond acceptors (Lipinski definition) is 4. The monoisotopic (exact) mass is 125 g/mol. The number of nitrogens with zero attached hydrogens (tertiary/aromatic N) is 1. The van der Waals surface area contributed by atoms with Crippen LogP contribution in [-0.4, -0.2) is 11.1 Å². The highest BCUT2D eigenvalue weighted by atomic mass is 16.5. The molecule has 0 radical (unpaired) electrons. The zero-order valence-electron chi connectivity index (χ0n) is 4.46. The van der Waals surface area contributed by atoms with Gasteiger partial charge in [-0.05, 0) is 0 Å². The molecule has 1 aliphatic heterocycles. The van der Waals surface area contributed by atoms with Crippen molar-refractivity contribution in [3.05, 3.63) is 17.5 Å². The molecule has 0 saturated carbocycles. The molecule has 0 unspecified atom stereocenters. The molecule has 9 heavy (non-hydrogen) atoms. The summed E-state index contributed by atoms with van der Waals surface area (Å²) in [7, 11) is 0. The molecule has 0 saturated heterocycles. The number of ether oxygens (including phenoxy) is 1. The second kappa shape index (κ2) is 1.34. The van der Waals surface area contributed by atoms with Gasteiger partial charge in [-0.15, -0.1) is 0 Å². The number of cyclic esters (lactones) is 1. The first-order valence-electron chi connectivity index (χ1n) is 2.48. The molecule has 0 aromatic carbocycles. The van der Waals surface area contributed by atoms with E-state index in [1.165, 1.54) is 6.26 Å². The molecular formula is C5H3NO3. The first-order valence-corrected chi connectivity index (χ1v) is 2.48. The smallest absolute Gasteiger partial charge is 0.361 e. The van der Waals surface area contributed by atoms with Crippen LogP contribution in [0.3, 0.4) is 0 Å². The van der Waals surface area contributed by atoms with Crippen molar-refractivity contribution >= 4 is 5.97 Å². The average Bonchev–Trinajstić information content (AvgIpc) is 2.35. The first-order chi connectivity index (χ1) is 4.38. The topological polar surface area (TPSA) is 52.3 Å². The van der Waals surface area contributed by atoms with Crippen LogP contribution >= 0.6 is 0 Å². The van der Waals surface area contributed by atoms with E-state index in [9.17, 15) is 4.79 Å². The van der Waals surface area contributed by atoms with Crippen LogP contribution in [-0.2, 0) is 11.3 Å². The van der Waals surface area contributed by atoms with E-state index in [2.05, 4.69) is 14.4 Å². The third kappa shape index (κ3) is 0.468. The zero-order valence-corrected chi connectivity index (χ0v) is 4.46. The lowest BCUT2D eigenvalue weighted by molar-refractivity contribution is 0.0519. The van der Waals surface area contributed by atoms with Crippen molar-refractivity contribution in [1.29, 1.82) is 0 Å². The van der Waals surface area contributed by atoms with Gasteiger partial charge in [0.15, 0.2) is 5.69 Å². The number of rotatable bonds is 0. The van der Waals surface area contributed by atoms with Crippen LogP contribution in [0, 0.1) is 0 Å². The second-order valence-corrected chi connectivity index (χ2v) is 1.76. The summed E-state index contributed by atoms with van der Waals surface area (Å²) >= 11 is 0. The van der Waals surface area contributed by atoms with Crippen molar-refractivity contribution in [2.45, 2.75) is 6.61 Å². The van der Waals surface area contributed by atoms with Gasteiger partial charge in [0.1, 0.15) is 12.9 Å². The summed E-state index contributed by atoms with van der Waals surface area (Å²) in [6.45, 7) is 0.303. The predicted molar refractivity (Wildman–Crippen MR) is 25.6 cm³/mol. The molecule has 1 aromatic rings. The Bertz CT molecular complexity index is 252. The Hall–Kier alpha value is -1.32. The van der Waals surface area contributed by atoms with Crippen molar-refractivity contribution in [2.24, 2.45) is 0 Å². The Labute approximate surface area is 50.4 Å². The predicted octanol–water partition coefficient (Wildman–Crippen LogP) is 0.345. The zero-order chi connectivity index (χ0) is 6.27. The molecule has 1 aromatic heterocycles. The summed E-state index contributed by atoms with van der Waals surface area (Å²) in [4.78, 5) is 10.6. The van der Waals surface area contributed by atoms with E-state index < -0.39 is 5.97 Å². The van der Waals surface area contributed by atoms with Gasteiger partial charge in [-0.1, -0.05) is 5.16 Å². The van der Waals surface area contributed by atoms with Gasteiger partial charge < -0.3 is 9.26 Å². The normalized spacial score (nSPS) is 15.3. The van der Waals surface area contributed by atoms with Gasteiger partial charge >= 0.3 is 5.97 Å². The number of aromatic nitrogens is 1. The SMILES string of the molecule is O=C1OCc2conc21. The van der Waals surface area contributed by atoms with Gasteiger partial charge in [0, 0.05) is 0 Å². The molecule has 0 bridgehead atoms. The summed E-state index contributed by atoms with van der Waals surface area (Å²) in [6.07, 6.45) is 1.42. The molecule has 0 fully saturated rings. The van der Waals surface area contributed by atoms with Crippen LogP contribution in [0.15, 0.2) is 10.8 Å². The molecule has 2 rings (SSSR count). The molecule has 4 heteroatoms. The van der Waals surface area contributed by atoms with Gasteiger partial charge in [-0.25, -0.2) is 4.79 Å². The second-order valence-electron chi connectivity index (χ2n) is 1.76. The highest BCUT2D eigenvalue weighted by molar-refractivity contribution is 5.90. The fraction of sp³-hybridized carbons (Fsp3) is 0.200. The van der Waals surface area contributed by atoms with Gasteiger partial charge in [-0.2, -0.15) is 0 Å². The van der Waals surface area contributed by atoms with Gasteiger partial charge in [-0.3, -0.25) is 0 Å². The van der Waals surface area contributed by atoms with E-state index in [0.717, 1.165) is 5.56 Å². The molecule has 0 spiro atoms. The molecule has 4 nitrogen and oxygen atoms in total. The largest absolute Gasteiger partial charge is 0.456 e. The average molecular weight is 125 g/mol. The maximum atomic E-state index is 10.6. The van der Waals surface area contributed by atoms with Crippen LogP contribution in [0.5, 0.6) is 0 Å². The summed E-state index contributed by atoms with van der Waals surface area (Å²) in [5.74, 6) is -0.390. The highest BCUT2D eigenvalue weighted by Gasteiger charge is 2.24. The van der Waals surface area contributed by atoms with Gasteiger partial charge in [0.05, 0.1) is 5.56 Å². The Morgan fingerprint density at radius 2 is 2.56 bits per heavy atom. The Kier molecular flexibility index (Phi) is 0.677. The molecule has 46 valence electrons. The number of hydrogen-bond donors (Lipinski definition) is 0. The Morgan fingerprint density at radius 1 is 1.67 bits per heavy atom. The van der Waals surface area contributed by atoms with E-state index in [4.69, 9.17) is 0 Å². The van der Waals surface area contributed by atoms with E-state index in [0.29, 0.717) is 12.3 Å². The summed E-state index contributed by atoms with van der Waals surface area (Å²) in [5, 5.41) is 3.43. The maximum absolute atomic E-state index is 10.6. The quantitative estimate of drug-likeness (QED) is 0.469. The third-order valence-electron chi connectivity index (χ3n) is 1.20. The fourth-order valence-electron chi connectivity index (χ4n) is 0.740. The number of esters is 1. The van der Waals surface area contributed by atoms with Crippen molar-refractivity contribution in [3.8, 4) is 0 Å². The summed E-state index contributed by atoms with van der Waals surface area (Å²) < 4.78 is 9.11. The molecule has 0 N–H and O–H groups in total. The number of fused-ring (bicyclic) bond motifs is 1. The van der Waals surface area contributed by atoms with Crippen LogP contribution in [0.4, 0.5) is 0 Å². The molecule has 0 atom stereocenters. The lowest BCUT2D eigenvalue weighted by atomic mass is 10.3. The van der Waals surface area contributed by atoms with Gasteiger partial charge in [0.25, 0.3) is 0 Å². The fourth-order valence-corrected chi connectivity index (χ4v) is 0.740. The summed E-state index contributed by atoms with van der Waals surface area (Å²) in [5.41, 5.74) is 1.05. The minimum Gasteiger partial charge on any atom is -0.456 e. The molecule has 0 aliphatic carbocycles. The van der Waals surface area contributed by atoms with E-state index in [1.807, 2.05) is 0 Å².